The predicted octanol–water partition coefficient (Wildman–Crippen LogP) is 2.70. The highest BCUT2D eigenvalue weighted by molar-refractivity contribution is 5.94. The van der Waals surface area contributed by atoms with Crippen molar-refractivity contribution >= 4 is 5.91 Å². The van der Waals surface area contributed by atoms with Crippen LogP contribution < -0.4 is 19.5 Å². The van der Waals surface area contributed by atoms with Crippen molar-refractivity contribution in [2.75, 3.05) is 20.4 Å². The number of ether oxygens (including phenoxy) is 3. The predicted molar refractivity (Wildman–Crippen MR) is 86.3 cm³/mol. The van der Waals surface area contributed by atoms with E-state index in [4.69, 9.17) is 14.2 Å². The smallest absolute Gasteiger partial charge is 0.251 e. The van der Waals surface area contributed by atoms with Gasteiger partial charge in [0.25, 0.3) is 5.91 Å². The summed E-state index contributed by atoms with van der Waals surface area (Å²) in [6.45, 7) is 2.76. The number of rotatable bonds is 5. The van der Waals surface area contributed by atoms with E-state index in [-0.39, 0.29) is 12.7 Å². The summed E-state index contributed by atoms with van der Waals surface area (Å²) >= 11 is 0. The third kappa shape index (κ3) is 3.39. The van der Waals surface area contributed by atoms with E-state index in [0.717, 1.165) is 29.0 Å². The van der Waals surface area contributed by atoms with Crippen molar-refractivity contribution in [3.63, 3.8) is 0 Å². The molecule has 1 amide bonds. The maximum atomic E-state index is 12.2. The van der Waals surface area contributed by atoms with Crippen molar-refractivity contribution in [2.45, 2.75) is 13.3 Å². The Morgan fingerprint density at radius 2 is 2.00 bits per heavy atom. The highest BCUT2D eigenvalue weighted by Gasteiger charge is 2.13. The average Bonchev–Trinajstić information content (AvgIpc) is 3.03. The van der Waals surface area contributed by atoms with E-state index < -0.39 is 0 Å². The van der Waals surface area contributed by atoms with Crippen LogP contribution in [0.25, 0.3) is 0 Å². The van der Waals surface area contributed by atoms with Crippen LogP contribution in [0.4, 0.5) is 0 Å². The van der Waals surface area contributed by atoms with E-state index in [1.807, 2.05) is 31.2 Å². The first kappa shape index (κ1) is 15.2. The van der Waals surface area contributed by atoms with Gasteiger partial charge in [0.1, 0.15) is 5.75 Å². The molecule has 0 saturated heterocycles. The molecule has 5 heteroatoms. The van der Waals surface area contributed by atoms with Crippen LogP contribution in [0.2, 0.25) is 0 Å². The summed E-state index contributed by atoms with van der Waals surface area (Å²) in [5.41, 5.74) is 2.69. The quantitative estimate of drug-likeness (QED) is 0.922. The maximum Gasteiger partial charge on any atom is 0.251 e. The van der Waals surface area contributed by atoms with Crippen molar-refractivity contribution < 1.29 is 19.0 Å². The largest absolute Gasteiger partial charge is 0.496 e. The second-order valence-corrected chi connectivity index (χ2v) is 5.38. The van der Waals surface area contributed by atoms with Gasteiger partial charge in [0.15, 0.2) is 11.5 Å². The number of aryl methyl sites for hydroxylation is 1. The Balaban J connectivity index is 1.57. The second kappa shape index (κ2) is 6.60. The number of carbonyl (C=O) groups is 1. The molecule has 1 aliphatic heterocycles. The van der Waals surface area contributed by atoms with E-state index in [2.05, 4.69) is 5.32 Å². The van der Waals surface area contributed by atoms with Crippen molar-refractivity contribution in [1.82, 2.24) is 5.32 Å². The van der Waals surface area contributed by atoms with Gasteiger partial charge in [-0.2, -0.15) is 0 Å². The van der Waals surface area contributed by atoms with Crippen molar-refractivity contribution in [3.05, 3.63) is 53.1 Å². The summed E-state index contributed by atoms with van der Waals surface area (Å²) in [7, 11) is 1.60. The van der Waals surface area contributed by atoms with Crippen LogP contribution in [-0.4, -0.2) is 26.4 Å². The Morgan fingerprint density at radius 1 is 1.17 bits per heavy atom. The van der Waals surface area contributed by atoms with Crippen molar-refractivity contribution in [1.29, 1.82) is 0 Å². The first-order valence-corrected chi connectivity index (χ1v) is 7.49. The minimum atomic E-state index is -0.107. The molecule has 0 saturated carbocycles. The summed E-state index contributed by atoms with van der Waals surface area (Å²) in [6.07, 6.45) is 0.728. The van der Waals surface area contributed by atoms with Crippen molar-refractivity contribution in [3.8, 4) is 17.2 Å². The van der Waals surface area contributed by atoms with E-state index in [1.165, 1.54) is 0 Å². The van der Waals surface area contributed by atoms with Gasteiger partial charge in [0.05, 0.1) is 7.11 Å². The minimum Gasteiger partial charge on any atom is -0.496 e. The lowest BCUT2D eigenvalue weighted by molar-refractivity contribution is 0.0954. The molecule has 2 aromatic rings. The minimum absolute atomic E-state index is 0.107. The zero-order chi connectivity index (χ0) is 16.2. The fraction of sp³-hybridized carbons (Fsp3) is 0.278. The lowest BCUT2D eigenvalue weighted by Gasteiger charge is -2.09. The van der Waals surface area contributed by atoms with Crippen LogP contribution in [-0.2, 0) is 6.42 Å². The molecular formula is C18H19NO4. The molecule has 1 aliphatic rings. The van der Waals surface area contributed by atoms with Crippen LogP contribution in [0.3, 0.4) is 0 Å². The van der Waals surface area contributed by atoms with Gasteiger partial charge >= 0.3 is 0 Å². The van der Waals surface area contributed by atoms with Gasteiger partial charge in [-0.1, -0.05) is 12.1 Å². The molecule has 0 spiro atoms. The number of hydrogen-bond donors (Lipinski definition) is 1. The van der Waals surface area contributed by atoms with Crippen LogP contribution >= 0.6 is 0 Å². The van der Waals surface area contributed by atoms with Gasteiger partial charge in [-0.3, -0.25) is 4.79 Å². The average molecular weight is 313 g/mol. The molecule has 1 heterocycles. The molecule has 0 atom stereocenters. The highest BCUT2D eigenvalue weighted by atomic mass is 16.7. The summed E-state index contributed by atoms with van der Waals surface area (Å²) in [5, 5.41) is 2.92. The zero-order valence-electron chi connectivity index (χ0n) is 13.2. The Labute approximate surface area is 135 Å². The second-order valence-electron chi connectivity index (χ2n) is 5.38. The van der Waals surface area contributed by atoms with Gasteiger partial charge in [-0.05, 0) is 48.7 Å². The SMILES string of the molecule is COc1cc(C(=O)NCCc2ccc3c(c2)OCO3)ccc1C. The number of carbonyl (C=O) groups excluding carboxylic acids is 1. The van der Waals surface area contributed by atoms with Crippen molar-refractivity contribution in [2.24, 2.45) is 0 Å². The third-order valence-corrected chi connectivity index (χ3v) is 3.81. The number of hydrogen-bond acceptors (Lipinski definition) is 4. The monoisotopic (exact) mass is 313 g/mol. The molecule has 23 heavy (non-hydrogen) atoms. The molecular weight excluding hydrogens is 294 g/mol. The van der Waals surface area contributed by atoms with Crippen LogP contribution in [0, 0.1) is 6.92 Å². The number of methoxy groups -OCH3 is 1. The maximum absolute atomic E-state index is 12.2. The summed E-state index contributed by atoms with van der Waals surface area (Å²) < 4.78 is 15.9. The normalized spacial score (nSPS) is 12.1. The van der Waals surface area contributed by atoms with Gasteiger partial charge in [-0.25, -0.2) is 0 Å². The highest BCUT2D eigenvalue weighted by Crippen LogP contribution is 2.32. The van der Waals surface area contributed by atoms with E-state index in [9.17, 15) is 4.79 Å². The fourth-order valence-electron chi connectivity index (χ4n) is 2.48. The molecule has 0 aromatic heterocycles. The summed E-state index contributed by atoms with van der Waals surface area (Å²) in [6, 6.07) is 11.3. The molecule has 1 N–H and O–H groups in total. The Bertz CT molecular complexity index is 727. The molecule has 0 bridgehead atoms. The molecule has 2 aromatic carbocycles. The molecule has 0 unspecified atom stereocenters. The van der Waals surface area contributed by atoms with Crippen LogP contribution in [0.15, 0.2) is 36.4 Å². The summed E-state index contributed by atoms with van der Waals surface area (Å²) in [4.78, 5) is 12.2. The van der Waals surface area contributed by atoms with E-state index in [0.29, 0.717) is 17.9 Å². The summed E-state index contributed by atoms with van der Waals surface area (Å²) in [5.74, 6) is 2.14. The third-order valence-electron chi connectivity index (χ3n) is 3.81. The lowest BCUT2D eigenvalue weighted by Crippen LogP contribution is -2.25. The number of benzene rings is 2. The van der Waals surface area contributed by atoms with Gasteiger partial charge in [0, 0.05) is 12.1 Å². The Morgan fingerprint density at radius 3 is 2.83 bits per heavy atom. The van der Waals surface area contributed by atoms with Crippen LogP contribution in [0.1, 0.15) is 21.5 Å². The van der Waals surface area contributed by atoms with E-state index in [1.54, 1.807) is 19.2 Å². The molecule has 0 aliphatic carbocycles. The number of nitrogens with one attached hydrogen (secondary N) is 1. The Hall–Kier alpha value is -2.69. The number of amides is 1. The lowest BCUT2D eigenvalue weighted by atomic mass is 10.1. The fourth-order valence-corrected chi connectivity index (χ4v) is 2.48. The molecule has 0 fully saturated rings. The first-order valence-electron chi connectivity index (χ1n) is 7.49. The zero-order valence-corrected chi connectivity index (χ0v) is 13.2. The standard InChI is InChI=1S/C18H19NO4/c1-12-3-5-14(10-16(12)21-2)18(20)19-8-7-13-4-6-15-17(9-13)23-11-22-15/h3-6,9-10H,7-8,11H2,1-2H3,(H,19,20). The van der Waals surface area contributed by atoms with E-state index >= 15 is 0 Å². The molecule has 3 rings (SSSR count). The molecule has 120 valence electrons. The van der Waals surface area contributed by atoms with Gasteiger partial charge < -0.3 is 19.5 Å². The van der Waals surface area contributed by atoms with Crippen LogP contribution in [0.5, 0.6) is 17.2 Å². The molecule has 0 radical (unpaired) electrons. The number of fused-ring (bicyclic) bond motifs is 1. The Kier molecular flexibility index (Phi) is 4.37. The topological polar surface area (TPSA) is 56.8 Å². The first-order chi connectivity index (χ1) is 11.2. The molecule has 5 nitrogen and oxygen atoms in total. The van der Waals surface area contributed by atoms with Gasteiger partial charge in [-0.15, -0.1) is 0 Å². The van der Waals surface area contributed by atoms with Gasteiger partial charge in [0.2, 0.25) is 6.79 Å².